The molecule has 5 N–H and O–H groups in total. The summed E-state index contributed by atoms with van der Waals surface area (Å²) in [6.07, 6.45) is 4.37. The van der Waals surface area contributed by atoms with Gasteiger partial charge in [0.05, 0.1) is 6.10 Å². The lowest BCUT2D eigenvalue weighted by molar-refractivity contribution is 0.178. The molecule has 0 saturated heterocycles. The highest BCUT2D eigenvalue weighted by molar-refractivity contribution is 5.38. The van der Waals surface area contributed by atoms with Gasteiger partial charge >= 0.3 is 0 Å². The molecule has 1 heterocycles. The van der Waals surface area contributed by atoms with Crippen molar-refractivity contribution in [3.63, 3.8) is 0 Å². The molecule has 0 radical (unpaired) electrons. The lowest BCUT2D eigenvalue weighted by Gasteiger charge is -2.11. The van der Waals surface area contributed by atoms with Crippen LogP contribution in [0.1, 0.15) is 19.3 Å². The summed E-state index contributed by atoms with van der Waals surface area (Å²) in [5.41, 5.74) is 2.40. The number of nitrogens with one attached hydrogen (secondary N) is 2. The van der Waals surface area contributed by atoms with Crippen molar-refractivity contribution in [2.75, 3.05) is 17.3 Å². The summed E-state index contributed by atoms with van der Waals surface area (Å²) >= 11 is 0. The van der Waals surface area contributed by atoms with Gasteiger partial charge in [-0.2, -0.15) is 4.98 Å². The molecule has 16 heavy (non-hydrogen) atoms. The SMILES string of the molecule is NNc1nccc(NCC2CCC(O)C2)n1. The molecule has 0 bridgehead atoms. The number of nitrogens with two attached hydrogens (primary N) is 1. The molecule has 2 unspecified atom stereocenters. The van der Waals surface area contributed by atoms with Gasteiger partial charge in [0.15, 0.2) is 0 Å². The summed E-state index contributed by atoms with van der Waals surface area (Å²) in [6, 6.07) is 1.80. The van der Waals surface area contributed by atoms with Gasteiger partial charge in [0, 0.05) is 12.7 Å². The van der Waals surface area contributed by atoms with E-state index in [-0.39, 0.29) is 6.10 Å². The van der Waals surface area contributed by atoms with Gasteiger partial charge in [-0.3, -0.25) is 5.43 Å². The largest absolute Gasteiger partial charge is 0.393 e. The van der Waals surface area contributed by atoms with Crippen LogP contribution in [0.15, 0.2) is 12.3 Å². The van der Waals surface area contributed by atoms with Crippen molar-refractivity contribution in [3.05, 3.63) is 12.3 Å². The summed E-state index contributed by atoms with van der Waals surface area (Å²) < 4.78 is 0. The standard InChI is InChI=1S/C10H17N5O/c11-15-10-12-4-3-9(14-10)13-6-7-1-2-8(16)5-7/h3-4,7-8,16H,1-2,5-6,11H2,(H2,12,13,14,15). The van der Waals surface area contributed by atoms with Crippen LogP contribution in [0, 0.1) is 5.92 Å². The van der Waals surface area contributed by atoms with E-state index in [0.717, 1.165) is 31.6 Å². The van der Waals surface area contributed by atoms with Gasteiger partial charge < -0.3 is 10.4 Å². The second kappa shape index (κ2) is 5.09. The highest BCUT2D eigenvalue weighted by atomic mass is 16.3. The molecule has 0 spiro atoms. The second-order valence-corrected chi connectivity index (χ2v) is 4.12. The van der Waals surface area contributed by atoms with Crippen molar-refractivity contribution >= 4 is 11.8 Å². The van der Waals surface area contributed by atoms with Crippen LogP contribution < -0.4 is 16.6 Å². The number of aromatic nitrogens is 2. The molecule has 0 aliphatic heterocycles. The van der Waals surface area contributed by atoms with Crippen LogP contribution in [-0.4, -0.2) is 27.7 Å². The number of hydrogen-bond acceptors (Lipinski definition) is 6. The Hall–Kier alpha value is -1.40. The fourth-order valence-electron chi connectivity index (χ4n) is 2.01. The normalized spacial score (nSPS) is 24.4. The zero-order valence-corrected chi connectivity index (χ0v) is 9.06. The van der Waals surface area contributed by atoms with Gasteiger partial charge in [0.25, 0.3) is 0 Å². The van der Waals surface area contributed by atoms with Gasteiger partial charge in [0.1, 0.15) is 5.82 Å². The molecule has 88 valence electrons. The number of rotatable bonds is 4. The fourth-order valence-corrected chi connectivity index (χ4v) is 2.01. The Kier molecular flexibility index (Phi) is 3.53. The molecular formula is C10H17N5O. The molecule has 1 saturated carbocycles. The molecule has 0 amide bonds. The first-order valence-electron chi connectivity index (χ1n) is 5.49. The highest BCUT2D eigenvalue weighted by Crippen LogP contribution is 2.25. The quantitative estimate of drug-likeness (QED) is 0.434. The van der Waals surface area contributed by atoms with Crippen molar-refractivity contribution in [2.24, 2.45) is 11.8 Å². The van der Waals surface area contributed by atoms with E-state index in [4.69, 9.17) is 5.84 Å². The lowest BCUT2D eigenvalue weighted by atomic mass is 10.1. The molecule has 6 nitrogen and oxygen atoms in total. The monoisotopic (exact) mass is 223 g/mol. The number of hydrogen-bond donors (Lipinski definition) is 4. The second-order valence-electron chi connectivity index (χ2n) is 4.12. The minimum absolute atomic E-state index is 0.126. The van der Waals surface area contributed by atoms with Gasteiger partial charge in [0.2, 0.25) is 5.95 Å². The maximum atomic E-state index is 9.40. The summed E-state index contributed by atoms with van der Waals surface area (Å²) in [5.74, 6) is 6.90. The molecule has 1 fully saturated rings. The number of nitrogens with zero attached hydrogens (tertiary/aromatic N) is 2. The van der Waals surface area contributed by atoms with E-state index >= 15 is 0 Å². The van der Waals surface area contributed by atoms with Crippen LogP contribution in [0.3, 0.4) is 0 Å². The molecule has 6 heteroatoms. The van der Waals surface area contributed by atoms with Crippen LogP contribution in [0.25, 0.3) is 0 Å². The predicted molar refractivity (Wildman–Crippen MR) is 61.7 cm³/mol. The average molecular weight is 223 g/mol. The predicted octanol–water partition coefficient (Wildman–Crippen LogP) is 0.335. The number of nitrogen functional groups attached to an aromatic ring is 1. The zero-order valence-electron chi connectivity index (χ0n) is 9.06. The van der Waals surface area contributed by atoms with E-state index in [1.807, 2.05) is 0 Å². The van der Waals surface area contributed by atoms with Crippen LogP contribution in [0.2, 0.25) is 0 Å². The Morgan fingerprint density at radius 3 is 3.06 bits per heavy atom. The van der Waals surface area contributed by atoms with Gasteiger partial charge in [-0.25, -0.2) is 10.8 Å². The van der Waals surface area contributed by atoms with Crippen molar-refractivity contribution < 1.29 is 5.11 Å². The molecule has 2 atom stereocenters. The minimum atomic E-state index is -0.126. The smallest absolute Gasteiger partial charge is 0.239 e. The molecule has 1 aliphatic rings. The first-order chi connectivity index (χ1) is 7.78. The van der Waals surface area contributed by atoms with E-state index in [1.165, 1.54) is 0 Å². The number of anilines is 2. The van der Waals surface area contributed by atoms with Crippen molar-refractivity contribution in [3.8, 4) is 0 Å². The Bertz CT molecular complexity index is 346. The zero-order chi connectivity index (χ0) is 11.4. The molecular weight excluding hydrogens is 206 g/mol. The third kappa shape index (κ3) is 2.80. The Balaban J connectivity index is 1.84. The van der Waals surface area contributed by atoms with Crippen LogP contribution in [0.5, 0.6) is 0 Å². The Morgan fingerprint density at radius 1 is 1.50 bits per heavy atom. The highest BCUT2D eigenvalue weighted by Gasteiger charge is 2.22. The molecule has 1 aromatic heterocycles. The summed E-state index contributed by atoms with van der Waals surface area (Å²) in [6.45, 7) is 0.831. The summed E-state index contributed by atoms with van der Waals surface area (Å²) in [7, 11) is 0. The van der Waals surface area contributed by atoms with Crippen LogP contribution in [0.4, 0.5) is 11.8 Å². The van der Waals surface area contributed by atoms with E-state index in [9.17, 15) is 5.11 Å². The van der Waals surface area contributed by atoms with E-state index in [0.29, 0.717) is 11.9 Å². The number of aliphatic hydroxyl groups excluding tert-OH is 1. The van der Waals surface area contributed by atoms with Gasteiger partial charge in [-0.1, -0.05) is 0 Å². The maximum Gasteiger partial charge on any atom is 0.239 e. The van der Waals surface area contributed by atoms with Gasteiger partial charge in [-0.05, 0) is 31.2 Å². The van der Waals surface area contributed by atoms with E-state index in [1.54, 1.807) is 12.3 Å². The maximum absolute atomic E-state index is 9.40. The minimum Gasteiger partial charge on any atom is -0.393 e. The van der Waals surface area contributed by atoms with Crippen molar-refractivity contribution in [1.29, 1.82) is 0 Å². The third-order valence-electron chi connectivity index (χ3n) is 2.87. The molecule has 1 aliphatic carbocycles. The Labute approximate surface area is 94.3 Å². The van der Waals surface area contributed by atoms with Crippen molar-refractivity contribution in [2.45, 2.75) is 25.4 Å². The van der Waals surface area contributed by atoms with Crippen LogP contribution in [-0.2, 0) is 0 Å². The number of hydrazine groups is 1. The van der Waals surface area contributed by atoms with Crippen molar-refractivity contribution in [1.82, 2.24) is 9.97 Å². The topological polar surface area (TPSA) is 96.1 Å². The fraction of sp³-hybridized carbons (Fsp3) is 0.600. The molecule has 0 aromatic carbocycles. The van der Waals surface area contributed by atoms with Crippen LogP contribution >= 0.6 is 0 Å². The average Bonchev–Trinajstić information content (AvgIpc) is 2.73. The summed E-state index contributed by atoms with van der Waals surface area (Å²) in [5, 5.41) is 12.6. The first-order valence-corrected chi connectivity index (χ1v) is 5.49. The Morgan fingerprint density at radius 2 is 2.38 bits per heavy atom. The van der Waals surface area contributed by atoms with Gasteiger partial charge in [-0.15, -0.1) is 0 Å². The lowest BCUT2D eigenvalue weighted by Crippen LogP contribution is -2.15. The first kappa shape index (κ1) is 11.1. The van der Waals surface area contributed by atoms with E-state index in [2.05, 4.69) is 20.7 Å². The number of aliphatic hydroxyl groups is 1. The van der Waals surface area contributed by atoms with E-state index < -0.39 is 0 Å². The third-order valence-corrected chi connectivity index (χ3v) is 2.87. The molecule has 1 aromatic rings. The summed E-state index contributed by atoms with van der Waals surface area (Å²) in [4.78, 5) is 8.07. The molecule has 2 rings (SSSR count).